The van der Waals surface area contributed by atoms with E-state index >= 15 is 0 Å². The van der Waals surface area contributed by atoms with E-state index in [0.29, 0.717) is 17.2 Å². The molecule has 2 aromatic carbocycles. The molecular weight excluding hydrogens is 298 g/mol. The molecule has 0 saturated carbocycles. The van der Waals surface area contributed by atoms with Gasteiger partial charge in [-0.15, -0.1) is 0 Å². The van der Waals surface area contributed by atoms with Crippen molar-refractivity contribution in [3.05, 3.63) is 52.6 Å². The van der Waals surface area contributed by atoms with Gasteiger partial charge in [-0.1, -0.05) is 17.7 Å². The molecule has 116 valence electrons. The highest BCUT2D eigenvalue weighted by Crippen LogP contribution is 2.30. The Morgan fingerprint density at radius 1 is 1.05 bits per heavy atom. The summed E-state index contributed by atoms with van der Waals surface area (Å²) >= 11 is 0. The fourth-order valence-electron chi connectivity index (χ4n) is 3.05. The van der Waals surface area contributed by atoms with Crippen LogP contribution >= 0.6 is 0 Å². The number of aryl methyl sites for hydroxylation is 3. The molecule has 2 aromatic rings. The van der Waals surface area contributed by atoms with E-state index < -0.39 is 10.0 Å². The van der Waals surface area contributed by atoms with E-state index in [1.165, 1.54) is 0 Å². The fraction of sp³-hybridized carbons (Fsp3) is 0.294. The van der Waals surface area contributed by atoms with Crippen molar-refractivity contribution in [1.29, 1.82) is 0 Å². The smallest absolute Gasteiger partial charge is 0.262 e. The lowest BCUT2D eigenvalue weighted by molar-refractivity contribution is 0.357. The molecule has 0 spiro atoms. The summed E-state index contributed by atoms with van der Waals surface area (Å²) in [4.78, 5) is 0.356. The van der Waals surface area contributed by atoms with Gasteiger partial charge < -0.3 is 4.74 Å². The van der Waals surface area contributed by atoms with Crippen LogP contribution in [0.3, 0.4) is 0 Å². The Kier molecular flexibility index (Phi) is 3.60. The summed E-state index contributed by atoms with van der Waals surface area (Å²) in [6.07, 6.45) is 0.813. The van der Waals surface area contributed by atoms with E-state index in [-0.39, 0.29) is 0 Å². The molecule has 0 atom stereocenters. The van der Waals surface area contributed by atoms with Crippen LogP contribution in [0.5, 0.6) is 5.75 Å². The van der Waals surface area contributed by atoms with Crippen LogP contribution in [0.15, 0.2) is 35.2 Å². The number of rotatable bonds is 3. The minimum absolute atomic E-state index is 0.356. The molecule has 0 saturated heterocycles. The van der Waals surface area contributed by atoms with E-state index in [2.05, 4.69) is 4.72 Å². The number of anilines is 1. The maximum atomic E-state index is 12.7. The van der Waals surface area contributed by atoms with Gasteiger partial charge in [-0.05, 0) is 55.7 Å². The second kappa shape index (κ2) is 5.32. The van der Waals surface area contributed by atoms with Gasteiger partial charge in [0.15, 0.2) is 0 Å². The fourth-order valence-corrected chi connectivity index (χ4v) is 4.55. The Bertz CT molecular complexity index is 818. The molecule has 4 nitrogen and oxygen atoms in total. The third kappa shape index (κ3) is 2.68. The molecule has 3 rings (SSSR count). The van der Waals surface area contributed by atoms with Crippen LogP contribution in [0, 0.1) is 20.8 Å². The zero-order chi connectivity index (χ0) is 15.9. The minimum atomic E-state index is -3.60. The van der Waals surface area contributed by atoms with Crippen LogP contribution in [0.2, 0.25) is 0 Å². The molecule has 0 fully saturated rings. The van der Waals surface area contributed by atoms with Crippen molar-refractivity contribution >= 4 is 15.7 Å². The predicted octanol–water partition coefficient (Wildman–Crippen LogP) is 3.35. The normalized spacial score (nSPS) is 13.6. The number of sulfonamides is 1. The number of nitrogens with one attached hydrogen (secondary N) is 1. The summed E-state index contributed by atoms with van der Waals surface area (Å²) in [5, 5.41) is 0. The van der Waals surface area contributed by atoms with E-state index in [9.17, 15) is 8.42 Å². The van der Waals surface area contributed by atoms with E-state index in [1.807, 2.05) is 45.0 Å². The molecule has 0 aliphatic carbocycles. The summed E-state index contributed by atoms with van der Waals surface area (Å²) in [5.74, 6) is 0.839. The first kappa shape index (κ1) is 14.9. The highest BCUT2D eigenvalue weighted by atomic mass is 32.2. The van der Waals surface area contributed by atoms with Gasteiger partial charge in [0.25, 0.3) is 10.0 Å². The lowest BCUT2D eigenvalue weighted by Gasteiger charge is -2.14. The van der Waals surface area contributed by atoms with Crippen LogP contribution < -0.4 is 9.46 Å². The molecule has 0 aromatic heterocycles. The number of fused-ring (bicyclic) bond motifs is 1. The molecule has 22 heavy (non-hydrogen) atoms. The van der Waals surface area contributed by atoms with Crippen molar-refractivity contribution in [3.8, 4) is 5.75 Å². The van der Waals surface area contributed by atoms with Crippen LogP contribution in [0.1, 0.15) is 22.3 Å². The van der Waals surface area contributed by atoms with Crippen LogP contribution in [-0.4, -0.2) is 15.0 Å². The summed E-state index contributed by atoms with van der Waals surface area (Å²) in [6, 6.07) is 9.17. The first-order valence-corrected chi connectivity index (χ1v) is 8.71. The quantitative estimate of drug-likeness (QED) is 0.944. The van der Waals surface area contributed by atoms with Crippen molar-refractivity contribution < 1.29 is 13.2 Å². The summed E-state index contributed by atoms with van der Waals surface area (Å²) in [7, 11) is -3.60. The van der Waals surface area contributed by atoms with Crippen LogP contribution in [-0.2, 0) is 16.4 Å². The second-order valence-corrected chi connectivity index (χ2v) is 7.37. The van der Waals surface area contributed by atoms with Crippen molar-refractivity contribution in [2.24, 2.45) is 0 Å². The number of ether oxygens (including phenoxy) is 1. The third-order valence-corrected chi connectivity index (χ3v) is 5.50. The number of hydrogen-bond donors (Lipinski definition) is 1. The SMILES string of the molecule is Cc1cc(C)c(S(=O)(=O)Nc2ccc3c(c2)CCO3)c(C)c1. The first-order chi connectivity index (χ1) is 10.4. The first-order valence-electron chi connectivity index (χ1n) is 7.23. The number of benzene rings is 2. The molecule has 5 heteroatoms. The molecule has 1 aliphatic heterocycles. The Hall–Kier alpha value is -2.01. The molecular formula is C17H19NO3S. The van der Waals surface area contributed by atoms with Gasteiger partial charge in [0.05, 0.1) is 11.5 Å². The van der Waals surface area contributed by atoms with Gasteiger partial charge >= 0.3 is 0 Å². The van der Waals surface area contributed by atoms with Gasteiger partial charge in [0.1, 0.15) is 5.75 Å². The largest absolute Gasteiger partial charge is 0.493 e. The molecule has 0 amide bonds. The van der Waals surface area contributed by atoms with Gasteiger partial charge in [-0.3, -0.25) is 4.72 Å². The molecule has 0 radical (unpaired) electrons. The lowest BCUT2D eigenvalue weighted by atomic mass is 10.1. The van der Waals surface area contributed by atoms with E-state index in [4.69, 9.17) is 4.74 Å². The Morgan fingerprint density at radius 3 is 2.41 bits per heavy atom. The zero-order valence-corrected chi connectivity index (χ0v) is 13.8. The summed E-state index contributed by atoms with van der Waals surface area (Å²) < 4.78 is 33.5. The average Bonchev–Trinajstić information content (AvgIpc) is 2.83. The summed E-state index contributed by atoms with van der Waals surface area (Å²) in [5.41, 5.74) is 4.19. The standard InChI is InChI=1S/C17H19NO3S/c1-11-8-12(2)17(13(3)9-11)22(19,20)18-15-4-5-16-14(10-15)6-7-21-16/h4-5,8-10,18H,6-7H2,1-3H3. The monoisotopic (exact) mass is 317 g/mol. The van der Waals surface area contributed by atoms with Crippen LogP contribution in [0.25, 0.3) is 0 Å². The number of hydrogen-bond acceptors (Lipinski definition) is 3. The topological polar surface area (TPSA) is 55.4 Å². The van der Waals surface area contributed by atoms with Crippen molar-refractivity contribution in [2.75, 3.05) is 11.3 Å². The molecule has 0 bridgehead atoms. The highest BCUT2D eigenvalue weighted by Gasteiger charge is 2.21. The maximum Gasteiger partial charge on any atom is 0.262 e. The van der Waals surface area contributed by atoms with Gasteiger partial charge in [-0.25, -0.2) is 8.42 Å². The van der Waals surface area contributed by atoms with Crippen LogP contribution in [0.4, 0.5) is 5.69 Å². The predicted molar refractivity (Wildman–Crippen MR) is 87.1 cm³/mol. The minimum Gasteiger partial charge on any atom is -0.493 e. The Balaban J connectivity index is 1.98. The Morgan fingerprint density at radius 2 is 1.73 bits per heavy atom. The zero-order valence-electron chi connectivity index (χ0n) is 12.9. The molecule has 1 N–H and O–H groups in total. The van der Waals surface area contributed by atoms with Crippen molar-refractivity contribution in [2.45, 2.75) is 32.1 Å². The second-order valence-electron chi connectivity index (χ2n) is 5.75. The molecule has 0 unspecified atom stereocenters. The van der Waals surface area contributed by atoms with Crippen molar-refractivity contribution in [1.82, 2.24) is 0 Å². The van der Waals surface area contributed by atoms with Gasteiger partial charge in [0, 0.05) is 12.1 Å². The summed E-state index contributed by atoms with van der Waals surface area (Å²) in [6.45, 7) is 6.27. The van der Waals surface area contributed by atoms with Gasteiger partial charge in [0.2, 0.25) is 0 Å². The lowest BCUT2D eigenvalue weighted by Crippen LogP contribution is -2.16. The third-order valence-electron chi connectivity index (χ3n) is 3.82. The van der Waals surface area contributed by atoms with Crippen molar-refractivity contribution in [3.63, 3.8) is 0 Å². The van der Waals surface area contributed by atoms with Gasteiger partial charge in [-0.2, -0.15) is 0 Å². The Labute approximate surface area is 131 Å². The van der Waals surface area contributed by atoms with E-state index in [1.54, 1.807) is 6.07 Å². The van der Waals surface area contributed by atoms with E-state index in [0.717, 1.165) is 34.4 Å². The molecule has 1 aliphatic rings. The maximum absolute atomic E-state index is 12.7. The highest BCUT2D eigenvalue weighted by molar-refractivity contribution is 7.92. The average molecular weight is 317 g/mol. The molecule has 1 heterocycles.